The van der Waals surface area contributed by atoms with Crippen molar-refractivity contribution in [1.29, 1.82) is 0 Å². The van der Waals surface area contributed by atoms with Crippen LogP contribution in [0.1, 0.15) is 53.7 Å². The molecule has 1 atom stereocenters. The molecule has 0 spiro atoms. The van der Waals surface area contributed by atoms with E-state index in [9.17, 15) is 13.2 Å². The molecule has 3 aromatic heterocycles. The van der Waals surface area contributed by atoms with Gasteiger partial charge < -0.3 is 5.73 Å². The van der Waals surface area contributed by atoms with Crippen molar-refractivity contribution < 1.29 is 13.2 Å². The number of nitrogens with one attached hydrogen (secondary N) is 1. The van der Waals surface area contributed by atoms with E-state index >= 15 is 0 Å². The Hall–Kier alpha value is -3.08. The van der Waals surface area contributed by atoms with E-state index in [0.29, 0.717) is 22.0 Å². The number of anilines is 2. The van der Waals surface area contributed by atoms with Crippen LogP contribution in [0, 0.1) is 11.3 Å². The standard InChI is InChI=1S/C26H26ClN5O3S2/c1-26(2,3)16-6-9-19-15(12-16)13-18-22(28)24(36-25(18)29-19)23(33)14-4-7-17(8-5-14)37(34,35)32-21-11-10-20(27)30-31-21/h4-5,7-8,10-11,13,16H,6,9,12,28H2,1-3H3,(H,31,32). The number of rotatable bonds is 5. The molecular formula is C26H26ClN5O3S2. The summed E-state index contributed by atoms with van der Waals surface area (Å²) in [6, 6.07) is 10.6. The summed E-state index contributed by atoms with van der Waals surface area (Å²) in [4.78, 5) is 19.3. The van der Waals surface area contributed by atoms with E-state index in [4.69, 9.17) is 22.3 Å². The number of aromatic nitrogens is 3. The van der Waals surface area contributed by atoms with Gasteiger partial charge in [0.05, 0.1) is 10.6 Å². The fourth-order valence-corrected chi connectivity index (χ4v) is 6.74. The maximum atomic E-state index is 13.3. The molecule has 1 aliphatic rings. The smallest absolute Gasteiger partial charge is 0.263 e. The quantitative estimate of drug-likeness (QED) is 0.311. The molecule has 0 fully saturated rings. The van der Waals surface area contributed by atoms with Crippen molar-refractivity contribution in [2.45, 2.75) is 44.9 Å². The van der Waals surface area contributed by atoms with Gasteiger partial charge in [-0.2, -0.15) is 0 Å². The molecule has 1 aromatic carbocycles. The topological polar surface area (TPSA) is 128 Å². The first-order valence-corrected chi connectivity index (χ1v) is 14.5. The Balaban J connectivity index is 1.40. The number of thiophene rings is 1. The lowest BCUT2D eigenvalue weighted by Crippen LogP contribution is -2.27. The van der Waals surface area contributed by atoms with E-state index in [1.54, 1.807) is 0 Å². The average molecular weight is 556 g/mol. The van der Waals surface area contributed by atoms with Crippen LogP contribution in [0.3, 0.4) is 0 Å². The Bertz CT molecular complexity index is 1610. The Labute approximate surface area is 224 Å². The number of hydrogen-bond acceptors (Lipinski definition) is 8. The van der Waals surface area contributed by atoms with Gasteiger partial charge in [0.15, 0.2) is 11.0 Å². The minimum atomic E-state index is -3.93. The molecule has 0 radical (unpaired) electrons. The molecule has 3 N–H and O–H groups in total. The van der Waals surface area contributed by atoms with Crippen molar-refractivity contribution in [3.8, 4) is 0 Å². The summed E-state index contributed by atoms with van der Waals surface area (Å²) in [5, 5.41) is 8.27. The molecule has 5 rings (SSSR count). The van der Waals surface area contributed by atoms with Gasteiger partial charge in [-0.1, -0.05) is 32.4 Å². The van der Waals surface area contributed by atoms with Gasteiger partial charge >= 0.3 is 0 Å². The predicted octanol–water partition coefficient (Wildman–Crippen LogP) is 5.50. The van der Waals surface area contributed by atoms with E-state index in [1.165, 1.54) is 53.3 Å². The van der Waals surface area contributed by atoms with Crippen molar-refractivity contribution in [1.82, 2.24) is 15.2 Å². The SMILES string of the molecule is CC(C)(C)C1CCc2nc3sc(C(=O)c4ccc(S(=O)(=O)Nc5ccc(Cl)nn5)cc4)c(N)c3cc2C1. The number of ketones is 1. The first kappa shape index (κ1) is 25.6. The van der Waals surface area contributed by atoms with Crippen molar-refractivity contribution >= 4 is 60.5 Å². The van der Waals surface area contributed by atoms with Crippen molar-refractivity contribution in [2.24, 2.45) is 11.3 Å². The van der Waals surface area contributed by atoms with Crippen molar-refractivity contribution in [2.75, 3.05) is 10.5 Å². The molecule has 0 aliphatic heterocycles. The van der Waals surface area contributed by atoms with E-state index in [2.05, 4.69) is 41.8 Å². The van der Waals surface area contributed by atoms with Crippen molar-refractivity contribution in [3.63, 3.8) is 0 Å². The van der Waals surface area contributed by atoms with Gasteiger partial charge in [-0.15, -0.1) is 21.5 Å². The third-order valence-electron chi connectivity index (χ3n) is 6.81. The number of pyridine rings is 1. The lowest BCUT2D eigenvalue weighted by Gasteiger charge is -2.34. The largest absolute Gasteiger partial charge is 0.397 e. The molecule has 192 valence electrons. The maximum absolute atomic E-state index is 13.3. The van der Waals surface area contributed by atoms with E-state index in [0.717, 1.165) is 35.2 Å². The number of halogens is 1. The normalized spacial score (nSPS) is 15.9. The zero-order valence-electron chi connectivity index (χ0n) is 20.6. The zero-order valence-corrected chi connectivity index (χ0v) is 23.0. The Morgan fingerprint density at radius 1 is 1.14 bits per heavy atom. The van der Waals surface area contributed by atoms with Crippen LogP contribution in [0.15, 0.2) is 47.4 Å². The summed E-state index contributed by atoms with van der Waals surface area (Å²) in [5.74, 6) is 0.328. The van der Waals surface area contributed by atoms with Gasteiger partial charge in [0.25, 0.3) is 10.0 Å². The first-order valence-electron chi connectivity index (χ1n) is 11.8. The van der Waals surface area contributed by atoms with Crippen LogP contribution in [0.5, 0.6) is 0 Å². The highest BCUT2D eigenvalue weighted by Crippen LogP contribution is 2.41. The van der Waals surface area contributed by atoms with Gasteiger partial charge in [0.2, 0.25) is 5.78 Å². The van der Waals surface area contributed by atoms with Crippen LogP contribution in [0.25, 0.3) is 10.2 Å². The van der Waals surface area contributed by atoms with E-state index < -0.39 is 10.0 Å². The molecule has 3 heterocycles. The molecule has 1 unspecified atom stereocenters. The Kier molecular flexibility index (Phi) is 6.45. The number of nitrogen functional groups attached to an aromatic ring is 1. The van der Waals surface area contributed by atoms with Gasteiger partial charge in [-0.25, -0.2) is 13.4 Å². The Morgan fingerprint density at radius 2 is 1.86 bits per heavy atom. The molecule has 0 saturated carbocycles. The molecule has 0 saturated heterocycles. The number of fused-ring (bicyclic) bond motifs is 2. The van der Waals surface area contributed by atoms with Crippen LogP contribution in [-0.2, 0) is 22.9 Å². The molecule has 8 nitrogen and oxygen atoms in total. The number of hydrogen-bond donors (Lipinski definition) is 2. The summed E-state index contributed by atoms with van der Waals surface area (Å²) >= 11 is 6.97. The molecular weight excluding hydrogens is 530 g/mol. The van der Waals surface area contributed by atoms with Crippen LogP contribution < -0.4 is 10.5 Å². The highest BCUT2D eigenvalue weighted by atomic mass is 35.5. The summed E-state index contributed by atoms with van der Waals surface area (Å²) in [7, 11) is -3.93. The van der Waals surface area contributed by atoms with Crippen LogP contribution >= 0.6 is 22.9 Å². The van der Waals surface area contributed by atoms with Gasteiger partial charge in [-0.3, -0.25) is 9.52 Å². The van der Waals surface area contributed by atoms with E-state index in [-0.39, 0.29) is 27.1 Å². The highest BCUT2D eigenvalue weighted by molar-refractivity contribution is 7.92. The fraction of sp³-hybridized carbons (Fsp3) is 0.308. The third kappa shape index (κ3) is 5.05. The highest BCUT2D eigenvalue weighted by Gasteiger charge is 2.30. The third-order valence-corrected chi connectivity index (χ3v) is 9.50. The van der Waals surface area contributed by atoms with Crippen LogP contribution in [0.4, 0.5) is 11.5 Å². The van der Waals surface area contributed by atoms with Gasteiger partial charge in [0, 0.05) is 16.6 Å². The molecule has 0 bridgehead atoms. The lowest BCUT2D eigenvalue weighted by atomic mass is 9.71. The minimum Gasteiger partial charge on any atom is -0.397 e. The number of nitrogens with two attached hydrogens (primary N) is 1. The number of carbonyl (C=O) groups is 1. The summed E-state index contributed by atoms with van der Waals surface area (Å²) < 4.78 is 27.7. The first-order chi connectivity index (χ1) is 17.4. The molecule has 4 aromatic rings. The number of nitrogens with zero attached hydrogens (tertiary/aromatic N) is 3. The monoisotopic (exact) mass is 555 g/mol. The molecule has 0 amide bonds. The van der Waals surface area contributed by atoms with Crippen molar-refractivity contribution in [3.05, 3.63) is 69.3 Å². The summed E-state index contributed by atoms with van der Waals surface area (Å²) in [6.07, 6.45) is 2.96. The second-order valence-corrected chi connectivity index (χ2v) is 13.4. The van der Waals surface area contributed by atoms with Gasteiger partial charge in [-0.05, 0) is 78.6 Å². The minimum absolute atomic E-state index is 0.0205. The fourth-order valence-electron chi connectivity index (χ4n) is 4.58. The lowest BCUT2D eigenvalue weighted by molar-refractivity contribution is 0.104. The molecule has 11 heteroatoms. The summed E-state index contributed by atoms with van der Waals surface area (Å²) in [6.45, 7) is 6.80. The second-order valence-electron chi connectivity index (χ2n) is 10.3. The molecule has 37 heavy (non-hydrogen) atoms. The van der Waals surface area contributed by atoms with Crippen LogP contribution in [-0.4, -0.2) is 29.4 Å². The maximum Gasteiger partial charge on any atom is 0.263 e. The number of benzene rings is 1. The number of aryl methyl sites for hydroxylation is 1. The van der Waals surface area contributed by atoms with Crippen LogP contribution in [0.2, 0.25) is 5.15 Å². The predicted molar refractivity (Wildman–Crippen MR) is 147 cm³/mol. The number of carbonyl (C=O) groups excluding carboxylic acids is 1. The summed E-state index contributed by atoms with van der Waals surface area (Å²) in [5.41, 5.74) is 9.70. The zero-order chi connectivity index (χ0) is 26.5. The van der Waals surface area contributed by atoms with E-state index in [1.807, 2.05) is 0 Å². The second kappa shape index (κ2) is 9.34. The van der Waals surface area contributed by atoms with Gasteiger partial charge in [0.1, 0.15) is 9.71 Å². The molecule has 1 aliphatic carbocycles. The Morgan fingerprint density at radius 3 is 2.51 bits per heavy atom. The average Bonchev–Trinajstić information content (AvgIpc) is 3.18. The number of sulfonamides is 1.